The van der Waals surface area contributed by atoms with Gasteiger partial charge in [-0.2, -0.15) is 4.39 Å². The Balaban J connectivity index is 2.33. The van der Waals surface area contributed by atoms with E-state index in [9.17, 15) is 28.1 Å². The maximum absolute atomic E-state index is 13.5. The molecule has 0 aliphatic carbocycles. The number of benzene rings is 1. The van der Waals surface area contributed by atoms with Crippen molar-refractivity contribution in [1.29, 1.82) is 0 Å². The van der Waals surface area contributed by atoms with Gasteiger partial charge in [-0.25, -0.2) is 13.8 Å². The molecule has 2 aromatic rings. The summed E-state index contributed by atoms with van der Waals surface area (Å²) in [6.45, 7) is 0. The van der Waals surface area contributed by atoms with Gasteiger partial charge in [0.25, 0.3) is 11.6 Å². The number of carbonyl (C=O) groups is 1. The molecule has 0 saturated heterocycles. The Hall–Kier alpha value is -2.97. The number of non-ortho nitro benzene ring substituents is 1. The van der Waals surface area contributed by atoms with Crippen LogP contribution in [0.2, 0.25) is 0 Å². The largest absolute Gasteiger partial charge is 0.319 e. The summed E-state index contributed by atoms with van der Waals surface area (Å²) in [7, 11) is 0. The highest BCUT2D eigenvalue weighted by Gasteiger charge is 2.19. The average Bonchev–Trinajstić information content (AvgIpc) is 2.43. The Morgan fingerprint density at radius 3 is 2.62 bits per heavy atom. The minimum absolute atomic E-state index is 0.465. The predicted octanol–water partition coefficient (Wildman–Crippen LogP) is 2.66. The predicted molar refractivity (Wildman–Crippen MR) is 65.2 cm³/mol. The van der Waals surface area contributed by atoms with Gasteiger partial charge in [-0.15, -0.1) is 0 Å². The van der Waals surface area contributed by atoms with Gasteiger partial charge in [0, 0.05) is 18.3 Å². The second kappa shape index (κ2) is 5.57. The Morgan fingerprint density at radius 2 is 1.95 bits per heavy atom. The van der Waals surface area contributed by atoms with Crippen molar-refractivity contribution in [1.82, 2.24) is 4.98 Å². The molecule has 1 N–H and O–H groups in total. The van der Waals surface area contributed by atoms with Crippen LogP contribution in [0.25, 0.3) is 0 Å². The number of aromatic nitrogens is 1. The first kappa shape index (κ1) is 14.4. The molecule has 0 bridgehead atoms. The molecule has 0 unspecified atom stereocenters. The molecular formula is C12H6F3N3O3. The third-order valence-corrected chi connectivity index (χ3v) is 2.50. The molecular weight excluding hydrogens is 291 g/mol. The van der Waals surface area contributed by atoms with E-state index in [1.54, 1.807) is 0 Å². The zero-order valence-corrected chi connectivity index (χ0v) is 10.1. The number of carbonyl (C=O) groups excluding carboxylic acids is 1. The minimum Gasteiger partial charge on any atom is -0.319 e. The van der Waals surface area contributed by atoms with Gasteiger partial charge in [-0.3, -0.25) is 14.9 Å². The van der Waals surface area contributed by atoms with Crippen LogP contribution in [0.15, 0.2) is 30.5 Å². The summed E-state index contributed by atoms with van der Waals surface area (Å²) in [5.41, 5.74) is -1.69. The van der Waals surface area contributed by atoms with Crippen LogP contribution in [0, 0.1) is 27.7 Å². The van der Waals surface area contributed by atoms with Crippen LogP contribution in [0.1, 0.15) is 10.4 Å². The molecule has 1 amide bonds. The molecule has 0 radical (unpaired) electrons. The molecule has 2 rings (SSSR count). The van der Waals surface area contributed by atoms with Crippen molar-refractivity contribution in [3.05, 3.63) is 63.7 Å². The number of nitrogens with zero attached hydrogens (tertiary/aromatic N) is 2. The summed E-state index contributed by atoms with van der Waals surface area (Å²) in [6.07, 6.45) is 0.858. The number of nitrogens with one attached hydrogen (secondary N) is 1. The van der Waals surface area contributed by atoms with Gasteiger partial charge >= 0.3 is 0 Å². The van der Waals surface area contributed by atoms with Crippen molar-refractivity contribution >= 4 is 17.3 Å². The molecule has 0 saturated carbocycles. The number of halogens is 3. The summed E-state index contributed by atoms with van der Waals surface area (Å²) >= 11 is 0. The van der Waals surface area contributed by atoms with Crippen molar-refractivity contribution in [3.63, 3.8) is 0 Å². The highest BCUT2D eigenvalue weighted by molar-refractivity contribution is 6.04. The fourth-order valence-electron chi connectivity index (χ4n) is 1.51. The zero-order chi connectivity index (χ0) is 15.6. The molecule has 0 aliphatic rings. The highest BCUT2D eigenvalue weighted by atomic mass is 19.2. The van der Waals surface area contributed by atoms with E-state index in [-0.39, 0.29) is 0 Å². The van der Waals surface area contributed by atoms with Gasteiger partial charge in [-0.05, 0) is 12.1 Å². The molecule has 1 aromatic carbocycles. The topological polar surface area (TPSA) is 85.1 Å². The lowest BCUT2D eigenvalue weighted by Crippen LogP contribution is -2.16. The number of nitro groups is 1. The Kier molecular flexibility index (Phi) is 3.83. The fraction of sp³-hybridized carbons (Fsp3) is 0. The Bertz CT molecular complexity index is 737. The second-order valence-electron chi connectivity index (χ2n) is 3.84. The number of pyridine rings is 1. The van der Waals surface area contributed by atoms with Crippen LogP contribution >= 0.6 is 0 Å². The first-order valence-electron chi connectivity index (χ1n) is 5.45. The first-order valence-corrected chi connectivity index (χ1v) is 5.45. The summed E-state index contributed by atoms with van der Waals surface area (Å²) in [6, 6.07) is 3.33. The molecule has 108 valence electrons. The Labute approximate surface area is 115 Å². The maximum Gasteiger partial charge on any atom is 0.271 e. The summed E-state index contributed by atoms with van der Waals surface area (Å²) in [5.74, 6) is -5.10. The van der Waals surface area contributed by atoms with Crippen molar-refractivity contribution in [2.24, 2.45) is 0 Å². The normalized spacial score (nSPS) is 10.2. The number of nitro benzene ring substituents is 1. The lowest BCUT2D eigenvalue weighted by molar-refractivity contribution is -0.384. The third-order valence-electron chi connectivity index (χ3n) is 2.50. The van der Waals surface area contributed by atoms with E-state index in [0.29, 0.717) is 0 Å². The lowest BCUT2D eigenvalue weighted by Gasteiger charge is -2.07. The molecule has 1 heterocycles. The number of amides is 1. The summed E-state index contributed by atoms with van der Waals surface area (Å²) in [4.78, 5) is 24.5. The molecule has 1 aromatic heterocycles. The van der Waals surface area contributed by atoms with E-state index in [4.69, 9.17) is 0 Å². The van der Waals surface area contributed by atoms with Crippen LogP contribution < -0.4 is 5.32 Å². The van der Waals surface area contributed by atoms with Crippen molar-refractivity contribution in [2.45, 2.75) is 0 Å². The highest BCUT2D eigenvalue weighted by Crippen LogP contribution is 2.22. The van der Waals surface area contributed by atoms with Gasteiger partial charge in [0.05, 0.1) is 16.2 Å². The smallest absolute Gasteiger partial charge is 0.271 e. The summed E-state index contributed by atoms with van der Waals surface area (Å²) < 4.78 is 39.7. The van der Waals surface area contributed by atoms with Crippen LogP contribution in [0.4, 0.5) is 24.5 Å². The molecule has 9 heteroatoms. The van der Waals surface area contributed by atoms with E-state index in [2.05, 4.69) is 4.98 Å². The monoisotopic (exact) mass is 297 g/mol. The van der Waals surface area contributed by atoms with Crippen LogP contribution in [-0.4, -0.2) is 15.8 Å². The van der Waals surface area contributed by atoms with Crippen molar-refractivity contribution < 1.29 is 22.9 Å². The van der Waals surface area contributed by atoms with Gasteiger partial charge in [0.2, 0.25) is 5.95 Å². The number of anilines is 1. The molecule has 0 fully saturated rings. The second-order valence-corrected chi connectivity index (χ2v) is 3.84. The lowest BCUT2D eigenvalue weighted by atomic mass is 10.2. The molecule has 0 aliphatic heterocycles. The fourth-order valence-corrected chi connectivity index (χ4v) is 1.51. The molecule has 6 nitrogen and oxygen atoms in total. The van der Waals surface area contributed by atoms with Gasteiger partial charge < -0.3 is 5.32 Å². The van der Waals surface area contributed by atoms with E-state index in [1.165, 1.54) is 0 Å². The van der Waals surface area contributed by atoms with Crippen LogP contribution in [-0.2, 0) is 0 Å². The van der Waals surface area contributed by atoms with E-state index in [1.807, 2.05) is 5.32 Å². The average molecular weight is 297 g/mol. The maximum atomic E-state index is 13.5. The van der Waals surface area contributed by atoms with Gasteiger partial charge in [0.1, 0.15) is 5.82 Å². The van der Waals surface area contributed by atoms with Crippen LogP contribution in [0.5, 0.6) is 0 Å². The van der Waals surface area contributed by atoms with Crippen molar-refractivity contribution in [2.75, 3.05) is 5.32 Å². The SMILES string of the molecule is O=C(Nc1cc([N+](=O)[O-])ccc1F)c1ccnc(F)c1F. The van der Waals surface area contributed by atoms with E-state index >= 15 is 0 Å². The minimum atomic E-state index is -1.50. The summed E-state index contributed by atoms with van der Waals surface area (Å²) in [5, 5.41) is 12.5. The first-order chi connectivity index (χ1) is 9.90. The zero-order valence-electron chi connectivity index (χ0n) is 10.1. The number of hydrogen-bond donors (Lipinski definition) is 1. The number of rotatable bonds is 3. The van der Waals surface area contributed by atoms with E-state index < -0.39 is 45.4 Å². The van der Waals surface area contributed by atoms with E-state index in [0.717, 1.165) is 30.5 Å². The Morgan fingerprint density at radius 1 is 1.24 bits per heavy atom. The van der Waals surface area contributed by atoms with Crippen molar-refractivity contribution in [3.8, 4) is 0 Å². The number of hydrogen-bond acceptors (Lipinski definition) is 4. The van der Waals surface area contributed by atoms with Gasteiger partial charge in [0.15, 0.2) is 5.82 Å². The molecule has 0 spiro atoms. The van der Waals surface area contributed by atoms with Crippen LogP contribution in [0.3, 0.4) is 0 Å². The standard InChI is InChI=1S/C12H6F3N3O3/c13-8-2-1-6(18(20)21)5-9(8)17-12(19)7-3-4-16-11(15)10(7)14/h1-5H,(H,17,19). The van der Waals surface area contributed by atoms with Gasteiger partial charge in [-0.1, -0.05) is 0 Å². The third kappa shape index (κ3) is 2.96. The molecule has 0 atom stereocenters. The quantitative estimate of drug-likeness (QED) is 0.536. The molecule has 21 heavy (non-hydrogen) atoms.